The fraction of sp³-hybridized carbons (Fsp3) is 0.261. The summed E-state index contributed by atoms with van der Waals surface area (Å²) in [5, 5.41) is 9.09. The first-order chi connectivity index (χ1) is 14.7. The zero-order chi connectivity index (χ0) is 20.5. The van der Waals surface area contributed by atoms with Crippen molar-refractivity contribution < 1.29 is 4.74 Å². The number of nitrogens with zero attached hydrogens (tertiary/aromatic N) is 4. The van der Waals surface area contributed by atoms with Gasteiger partial charge in [0.15, 0.2) is 5.82 Å². The fourth-order valence-electron chi connectivity index (χ4n) is 3.93. The molecule has 2 aromatic heterocycles. The Bertz CT molecular complexity index is 1200. The Hall–Kier alpha value is -3.12. The number of nitrogens with one attached hydrogen (secondary N) is 1. The summed E-state index contributed by atoms with van der Waals surface area (Å²) in [5.41, 5.74) is 4.63. The standard InChI is InChI=1S/C23H22ClN5O/c1-30-18-5-2-4-16(12-18)14-25-22-19-6-3-7-20(19)26-23-27-21(28-29(22)23)13-15-8-10-17(24)11-9-15/h2,4-5,8-12,25H,3,6-7,13-14H2,1H3. The van der Waals surface area contributed by atoms with Gasteiger partial charge in [0.25, 0.3) is 5.78 Å². The van der Waals surface area contributed by atoms with Gasteiger partial charge in [-0.25, -0.2) is 4.98 Å². The van der Waals surface area contributed by atoms with Crippen LogP contribution in [0.1, 0.15) is 34.6 Å². The minimum absolute atomic E-state index is 0.639. The number of halogens is 1. The lowest BCUT2D eigenvalue weighted by atomic mass is 10.1. The Morgan fingerprint density at radius 2 is 1.93 bits per heavy atom. The van der Waals surface area contributed by atoms with E-state index in [2.05, 4.69) is 11.4 Å². The van der Waals surface area contributed by atoms with Crippen molar-refractivity contribution in [1.82, 2.24) is 19.6 Å². The monoisotopic (exact) mass is 419 g/mol. The molecule has 152 valence electrons. The number of rotatable bonds is 6. The van der Waals surface area contributed by atoms with E-state index in [0.29, 0.717) is 18.7 Å². The van der Waals surface area contributed by atoms with Crippen LogP contribution >= 0.6 is 11.6 Å². The van der Waals surface area contributed by atoms with Crippen molar-refractivity contribution >= 4 is 23.2 Å². The maximum Gasteiger partial charge on any atom is 0.254 e. The number of fused-ring (bicyclic) bond motifs is 2. The molecule has 1 aliphatic carbocycles. The van der Waals surface area contributed by atoms with E-state index in [1.807, 2.05) is 47.0 Å². The maximum atomic E-state index is 6.00. The molecule has 0 unspecified atom stereocenters. The van der Waals surface area contributed by atoms with Crippen molar-refractivity contribution in [3.63, 3.8) is 0 Å². The smallest absolute Gasteiger partial charge is 0.254 e. The molecule has 0 fully saturated rings. The number of benzene rings is 2. The minimum atomic E-state index is 0.639. The fourth-order valence-corrected chi connectivity index (χ4v) is 4.06. The first-order valence-electron chi connectivity index (χ1n) is 10.1. The van der Waals surface area contributed by atoms with E-state index < -0.39 is 0 Å². The third-order valence-corrected chi connectivity index (χ3v) is 5.68. The molecule has 0 bridgehead atoms. The van der Waals surface area contributed by atoms with Crippen LogP contribution in [0.5, 0.6) is 5.75 Å². The number of ether oxygens (including phenoxy) is 1. The third kappa shape index (κ3) is 3.71. The lowest BCUT2D eigenvalue weighted by Crippen LogP contribution is -2.10. The summed E-state index contributed by atoms with van der Waals surface area (Å²) < 4.78 is 7.20. The van der Waals surface area contributed by atoms with Crippen LogP contribution in [0.2, 0.25) is 5.02 Å². The van der Waals surface area contributed by atoms with Crippen LogP contribution in [0.4, 0.5) is 5.82 Å². The molecule has 0 saturated carbocycles. The van der Waals surface area contributed by atoms with Crippen molar-refractivity contribution in [2.45, 2.75) is 32.2 Å². The van der Waals surface area contributed by atoms with Gasteiger partial charge in [-0.3, -0.25) is 0 Å². The number of aromatic nitrogens is 4. The Balaban J connectivity index is 1.47. The van der Waals surface area contributed by atoms with Crippen molar-refractivity contribution in [1.29, 1.82) is 0 Å². The van der Waals surface area contributed by atoms with Gasteiger partial charge in [0.2, 0.25) is 0 Å². The van der Waals surface area contributed by atoms with E-state index in [-0.39, 0.29) is 0 Å². The highest BCUT2D eigenvalue weighted by Crippen LogP contribution is 2.29. The molecule has 6 nitrogen and oxygen atoms in total. The highest BCUT2D eigenvalue weighted by atomic mass is 35.5. The second kappa shape index (κ2) is 7.95. The summed E-state index contributed by atoms with van der Waals surface area (Å²) in [6.45, 7) is 0.676. The topological polar surface area (TPSA) is 64.3 Å². The molecule has 0 spiro atoms. The van der Waals surface area contributed by atoms with E-state index in [0.717, 1.165) is 58.5 Å². The van der Waals surface area contributed by atoms with Gasteiger partial charge in [-0.1, -0.05) is 35.9 Å². The second-order valence-corrected chi connectivity index (χ2v) is 7.92. The summed E-state index contributed by atoms with van der Waals surface area (Å²) in [5.74, 6) is 3.24. The first kappa shape index (κ1) is 18.9. The highest BCUT2D eigenvalue weighted by Gasteiger charge is 2.22. The van der Waals surface area contributed by atoms with E-state index >= 15 is 0 Å². The molecule has 2 aromatic carbocycles. The van der Waals surface area contributed by atoms with Crippen LogP contribution in [-0.2, 0) is 25.8 Å². The number of methoxy groups -OCH3 is 1. The van der Waals surface area contributed by atoms with Crippen molar-refractivity contribution in [2.75, 3.05) is 12.4 Å². The zero-order valence-corrected chi connectivity index (χ0v) is 17.5. The molecular weight excluding hydrogens is 398 g/mol. The van der Waals surface area contributed by atoms with E-state index in [4.69, 9.17) is 31.4 Å². The third-order valence-electron chi connectivity index (χ3n) is 5.42. The van der Waals surface area contributed by atoms with Gasteiger partial charge in [0.1, 0.15) is 11.6 Å². The molecule has 2 heterocycles. The van der Waals surface area contributed by atoms with Gasteiger partial charge in [0.05, 0.1) is 12.8 Å². The lowest BCUT2D eigenvalue weighted by molar-refractivity contribution is 0.414. The number of anilines is 1. The second-order valence-electron chi connectivity index (χ2n) is 7.49. The normalized spacial score (nSPS) is 12.9. The summed E-state index contributed by atoms with van der Waals surface area (Å²) in [6.07, 6.45) is 3.74. The molecule has 0 atom stereocenters. The Morgan fingerprint density at radius 1 is 1.07 bits per heavy atom. The molecule has 0 amide bonds. The summed E-state index contributed by atoms with van der Waals surface area (Å²) >= 11 is 6.00. The van der Waals surface area contributed by atoms with Crippen molar-refractivity contribution in [2.24, 2.45) is 0 Å². The largest absolute Gasteiger partial charge is 0.497 e. The van der Waals surface area contributed by atoms with Gasteiger partial charge >= 0.3 is 0 Å². The highest BCUT2D eigenvalue weighted by molar-refractivity contribution is 6.30. The van der Waals surface area contributed by atoms with Gasteiger partial charge in [-0.15, -0.1) is 5.10 Å². The quantitative estimate of drug-likeness (QED) is 0.499. The Labute approximate surface area is 179 Å². The Kier molecular flexibility index (Phi) is 5.01. The van der Waals surface area contributed by atoms with Crippen molar-refractivity contribution in [3.05, 3.63) is 81.8 Å². The molecular formula is C23H22ClN5O. The SMILES string of the molecule is COc1cccc(CNc2c3c(nc4nc(Cc5ccc(Cl)cc5)nn24)CCC3)c1. The van der Waals surface area contributed by atoms with Gasteiger partial charge in [-0.05, 0) is 54.7 Å². The zero-order valence-electron chi connectivity index (χ0n) is 16.7. The van der Waals surface area contributed by atoms with Crippen LogP contribution in [0.15, 0.2) is 48.5 Å². The molecule has 1 aliphatic rings. The van der Waals surface area contributed by atoms with Crippen LogP contribution in [0.3, 0.4) is 0 Å². The summed E-state index contributed by atoms with van der Waals surface area (Å²) in [6, 6.07) is 15.9. The van der Waals surface area contributed by atoms with Crippen LogP contribution in [-0.4, -0.2) is 26.7 Å². The van der Waals surface area contributed by atoms with E-state index in [1.165, 1.54) is 5.56 Å². The van der Waals surface area contributed by atoms with Crippen LogP contribution in [0, 0.1) is 0 Å². The number of aryl methyl sites for hydroxylation is 1. The maximum absolute atomic E-state index is 6.00. The minimum Gasteiger partial charge on any atom is -0.497 e. The summed E-state index contributed by atoms with van der Waals surface area (Å²) in [7, 11) is 1.68. The molecule has 1 N–H and O–H groups in total. The first-order valence-corrected chi connectivity index (χ1v) is 10.5. The number of hydrogen-bond donors (Lipinski definition) is 1. The Morgan fingerprint density at radius 3 is 2.77 bits per heavy atom. The number of hydrogen-bond acceptors (Lipinski definition) is 5. The van der Waals surface area contributed by atoms with Crippen LogP contribution < -0.4 is 10.1 Å². The summed E-state index contributed by atoms with van der Waals surface area (Å²) in [4.78, 5) is 9.48. The molecule has 4 aromatic rings. The molecule has 30 heavy (non-hydrogen) atoms. The molecule has 0 aliphatic heterocycles. The molecule has 0 radical (unpaired) electrons. The molecule has 5 rings (SSSR count). The van der Waals surface area contributed by atoms with Gasteiger partial charge < -0.3 is 10.1 Å². The lowest BCUT2D eigenvalue weighted by Gasteiger charge is -2.13. The predicted octanol–water partition coefficient (Wildman–Crippen LogP) is 4.48. The predicted molar refractivity (Wildman–Crippen MR) is 117 cm³/mol. The van der Waals surface area contributed by atoms with E-state index in [9.17, 15) is 0 Å². The average Bonchev–Trinajstić information content (AvgIpc) is 3.39. The molecule has 0 saturated heterocycles. The molecule has 7 heteroatoms. The van der Waals surface area contributed by atoms with E-state index in [1.54, 1.807) is 7.11 Å². The van der Waals surface area contributed by atoms with Crippen molar-refractivity contribution in [3.8, 4) is 5.75 Å². The van der Waals surface area contributed by atoms with Crippen LogP contribution in [0.25, 0.3) is 5.78 Å². The van der Waals surface area contributed by atoms with Gasteiger partial charge in [-0.2, -0.15) is 9.50 Å². The average molecular weight is 420 g/mol. The van der Waals surface area contributed by atoms with Gasteiger partial charge in [0, 0.05) is 23.6 Å².